The molecule has 0 fully saturated rings. The summed E-state index contributed by atoms with van der Waals surface area (Å²) in [5, 5.41) is 0.460. The fourth-order valence-electron chi connectivity index (χ4n) is 3.58. The Balaban J connectivity index is 1.71. The molecule has 168 valence electrons. The van der Waals surface area contributed by atoms with Crippen molar-refractivity contribution in [1.82, 2.24) is 9.55 Å². The zero-order valence-electron chi connectivity index (χ0n) is 18.2. The molecule has 32 heavy (non-hydrogen) atoms. The number of hydrogen-bond acceptors (Lipinski definition) is 5. The lowest BCUT2D eigenvalue weighted by atomic mass is 9.87. The predicted molar refractivity (Wildman–Crippen MR) is 122 cm³/mol. The van der Waals surface area contributed by atoms with E-state index in [1.807, 2.05) is 48.9 Å². The summed E-state index contributed by atoms with van der Waals surface area (Å²) in [6.07, 6.45) is 4.55. The molecule has 0 aliphatic rings. The van der Waals surface area contributed by atoms with Gasteiger partial charge in [0.05, 0.1) is 24.4 Å². The average molecular weight is 455 g/mol. The SMILES string of the molecule is CCC(C(=O)OCc1ccccc1)C(COC(=O)c1cccc(Cl)c1)Cc1cncn1C. The van der Waals surface area contributed by atoms with Gasteiger partial charge in [0, 0.05) is 29.9 Å². The Hall–Kier alpha value is -3.12. The second kappa shape index (κ2) is 11.5. The number of carbonyl (C=O) groups excluding carboxylic acids is 2. The highest BCUT2D eigenvalue weighted by Gasteiger charge is 2.30. The first-order valence-corrected chi connectivity index (χ1v) is 10.9. The molecule has 2 aromatic carbocycles. The first kappa shape index (κ1) is 23.5. The monoisotopic (exact) mass is 454 g/mol. The number of carbonyl (C=O) groups is 2. The van der Waals surface area contributed by atoms with Gasteiger partial charge in [-0.15, -0.1) is 0 Å². The number of nitrogens with zero attached hydrogens (tertiary/aromatic N) is 2. The first-order valence-electron chi connectivity index (χ1n) is 10.6. The van der Waals surface area contributed by atoms with Gasteiger partial charge in [-0.2, -0.15) is 0 Å². The standard InChI is InChI=1S/C25H27ClN2O4/c1-3-23(25(30)31-15-18-8-5-4-6-9-18)20(13-22-14-27-17-28(22)2)16-32-24(29)19-10-7-11-21(26)12-19/h4-12,14,17,20,23H,3,13,15-16H2,1-2H3. The van der Waals surface area contributed by atoms with Crippen molar-refractivity contribution in [2.24, 2.45) is 18.9 Å². The fraction of sp³-hybridized carbons (Fsp3) is 0.320. The van der Waals surface area contributed by atoms with E-state index in [4.69, 9.17) is 21.1 Å². The molecule has 0 saturated carbocycles. The highest BCUT2D eigenvalue weighted by molar-refractivity contribution is 6.30. The molecule has 2 unspecified atom stereocenters. The Bertz CT molecular complexity index is 1040. The van der Waals surface area contributed by atoms with Gasteiger partial charge in [-0.1, -0.05) is 54.9 Å². The van der Waals surface area contributed by atoms with Gasteiger partial charge in [-0.05, 0) is 36.6 Å². The molecule has 0 radical (unpaired) electrons. The number of halogens is 1. The number of benzene rings is 2. The second-order valence-corrected chi connectivity index (χ2v) is 8.11. The minimum Gasteiger partial charge on any atom is -0.462 e. The molecule has 0 amide bonds. The van der Waals surface area contributed by atoms with Gasteiger partial charge in [0.2, 0.25) is 0 Å². The number of aryl methyl sites for hydroxylation is 1. The van der Waals surface area contributed by atoms with E-state index in [-0.39, 0.29) is 25.1 Å². The summed E-state index contributed by atoms with van der Waals surface area (Å²) in [4.78, 5) is 29.7. The first-order chi connectivity index (χ1) is 15.5. The molecule has 6 nitrogen and oxygen atoms in total. The van der Waals surface area contributed by atoms with Crippen LogP contribution in [-0.2, 0) is 34.3 Å². The van der Waals surface area contributed by atoms with Crippen molar-refractivity contribution >= 4 is 23.5 Å². The Morgan fingerprint density at radius 2 is 1.88 bits per heavy atom. The molecule has 0 aliphatic carbocycles. The molecular formula is C25H27ClN2O4. The van der Waals surface area contributed by atoms with Crippen LogP contribution in [0.2, 0.25) is 5.02 Å². The summed E-state index contributed by atoms with van der Waals surface area (Å²) in [7, 11) is 1.89. The average Bonchev–Trinajstić information content (AvgIpc) is 3.21. The highest BCUT2D eigenvalue weighted by Crippen LogP contribution is 2.24. The van der Waals surface area contributed by atoms with E-state index in [2.05, 4.69) is 4.98 Å². The number of aromatic nitrogens is 2. The van der Waals surface area contributed by atoms with Crippen LogP contribution in [0.1, 0.15) is 35.0 Å². The Morgan fingerprint density at radius 1 is 1.09 bits per heavy atom. The van der Waals surface area contributed by atoms with Crippen LogP contribution in [0.15, 0.2) is 67.1 Å². The molecule has 0 saturated heterocycles. The van der Waals surface area contributed by atoms with E-state index < -0.39 is 11.9 Å². The molecule has 7 heteroatoms. The number of hydrogen-bond donors (Lipinski definition) is 0. The fourth-order valence-corrected chi connectivity index (χ4v) is 3.77. The molecule has 1 aromatic heterocycles. The summed E-state index contributed by atoms with van der Waals surface area (Å²) in [6, 6.07) is 16.1. The van der Waals surface area contributed by atoms with Gasteiger partial charge in [0.15, 0.2) is 0 Å². The van der Waals surface area contributed by atoms with Crippen LogP contribution in [-0.4, -0.2) is 28.1 Å². The molecule has 3 aromatic rings. The smallest absolute Gasteiger partial charge is 0.338 e. The second-order valence-electron chi connectivity index (χ2n) is 7.68. The molecule has 1 heterocycles. The van der Waals surface area contributed by atoms with E-state index in [9.17, 15) is 9.59 Å². The van der Waals surface area contributed by atoms with E-state index in [0.717, 1.165) is 11.3 Å². The van der Waals surface area contributed by atoms with Crippen molar-refractivity contribution in [3.8, 4) is 0 Å². The molecule has 0 spiro atoms. The number of ether oxygens (including phenoxy) is 2. The van der Waals surface area contributed by atoms with Crippen LogP contribution in [0.25, 0.3) is 0 Å². The number of esters is 2. The van der Waals surface area contributed by atoms with Crippen molar-refractivity contribution in [3.05, 3.63) is 89.0 Å². The molecular weight excluding hydrogens is 428 g/mol. The highest BCUT2D eigenvalue weighted by atomic mass is 35.5. The van der Waals surface area contributed by atoms with Crippen LogP contribution in [0, 0.1) is 11.8 Å². The van der Waals surface area contributed by atoms with Crippen molar-refractivity contribution < 1.29 is 19.1 Å². The topological polar surface area (TPSA) is 70.4 Å². The Labute approximate surface area is 193 Å². The minimum atomic E-state index is -0.477. The van der Waals surface area contributed by atoms with Crippen molar-refractivity contribution in [2.75, 3.05) is 6.61 Å². The van der Waals surface area contributed by atoms with Crippen LogP contribution >= 0.6 is 11.6 Å². The number of rotatable bonds is 10. The summed E-state index contributed by atoms with van der Waals surface area (Å²) in [5.74, 6) is -1.47. The largest absolute Gasteiger partial charge is 0.462 e. The van der Waals surface area contributed by atoms with Gasteiger partial charge in [0.1, 0.15) is 6.61 Å². The normalized spacial score (nSPS) is 12.7. The van der Waals surface area contributed by atoms with Crippen LogP contribution in [0.5, 0.6) is 0 Å². The van der Waals surface area contributed by atoms with Gasteiger partial charge in [-0.3, -0.25) is 4.79 Å². The zero-order valence-corrected chi connectivity index (χ0v) is 19.0. The quantitative estimate of drug-likeness (QED) is 0.409. The number of imidazole rings is 1. The van der Waals surface area contributed by atoms with E-state index in [1.54, 1.807) is 36.8 Å². The maximum atomic E-state index is 13.0. The summed E-state index contributed by atoms with van der Waals surface area (Å²) in [5.41, 5.74) is 2.24. The zero-order chi connectivity index (χ0) is 22.9. The Kier molecular flexibility index (Phi) is 8.45. The van der Waals surface area contributed by atoms with Gasteiger partial charge < -0.3 is 14.0 Å². The molecule has 3 rings (SSSR count). The Morgan fingerprint density at radius 3 is 2.53 bits per heavy atom. The maximum absolute atomic E-state index is 13.0. The van der Waals surface area contributed by atoms with Gasteiger partial charge >= 0.3 is 11.9 Å². The molecule has 2 atom stereocenters. The maximum Gasteiger partial charge on any atom is 0.338 e. The van der Waals surface area contributed by atoms with Gasteiger partial charge in [0.25, 0.3) is 0 Å². The van der Waals surface area contributed by atoms with E-state index >= 15 is 0 Å². The summed E-state index contributed by atoms with van der Waals surface area (Å²) >= 11 is 5.98. The molecule has 0 N–H and O–H groups in total. The summed E-state index contributed by atoms with van der Waals surface area (Å²) in [6.45, 7) is 2.22. The third kappa shape index (κ3) is 6.44. The lowest BCUT2D eigenvalue weighted by Gasteiger charge is -2.25. The third-order valence-corrected chi connectivity index (χ3v) is 5.65. The van der Waals surface area contributed by atoms with Crippen LogP contribution in [0.4, 0.5) is 0 Å². The van der Waals surface area contributed by atoms with E-state index in [1.165, 1.54) is 0 Å². The summed E-state index contributed by atoms with van der Waals surface area (Å²) < 4.78 is 13.1. The predicted octanol–water partition coefficient (Wildman–Crippen LogP) is 4.86. The lowest BCUT2D eigenvalue weighted by molar-refractivity contribution is -0.152. The van der Waals surface area contributed by atoms with Crippen molar-refractivity contribution in [2.45, 2.75) is 26.4 Å². The molecule has 0 bridgehead atoms. The third-order valence-electron chi connectivity index (χ3n) is 5.41. The van der Waals surface area contributed by atoms with Crippen LogP contribution in [0.3, 0.4) is 0 Å². The minimum absolute atomic E-state index is 0.0788. The molecule has 0 aliphatic heterocycles. The van der Waals surface area contributed by atoms with Gasteiger partial charge in [-0.25, -0.2) is 9.78 Å². The van der Waals surface area contributed by atoms with Crippen molar-refractivity contribution in [1.29, 1.82) is 0 Å². The van der Waals surface area contributed by atoms with Crippen molar-refractivity contribution in [3.63, 3.8) is 0 Å². The van der Waals surface area contributed by atoms with Crippen LogP contribution < -0.4 is 0 Å². The van der Waals surface area contributed by atoms with E-state index in [0.29, 0.717) is 23.4 Å². The lowest BCUT2D eigenvalue weighted by Crippen LogP contribution is -2.31.